The van der Waals surface area contributed by atoms with Gasteiger partial charge in [-0.3, -0.25) is 4.79 Å². The van der Waals surface area contributed by atoms with E-state index in [4.69, 9.17) is 4.74 Å². The second-order valence-electron chi connectivity index (χ2n) is 8.69. The Balaban J connectivity index is 1.62. The number of amides is 1. The van der Waals surface area contributed by atoms with Crippen LogP contribution in [0.5, 0.6) is 11.5 Å². The number of alkyl halides is 3. The summed E-state index contributed by atoms with van der Waals surface area (Å²) in [5.74, 6) is -2.60. The molecule has 1 aliphatic carbocycles. The van der Waals surface area contributed by atoms with Crippen LogP contribution >= 0.6 is 0 Å². The maximum atomic E-state index is 13.8. The van der Waals surface area contributed by atoms with Crippen LogP contribution in [0.3, 0.4) is 0 Å². The Morgan fingerprint density at radius 1 is 1.09 bits per heavy atom. The largest absolute Gasteiger partial charge is 0.573 e. The SMILES string of the molecule is CC1(C(NC(=O)c2ccc3cc(F)ccc3c2OCc2ccc(OC(F)(F)F)cc2)C(=O)O)CC1. The molecular formula is C25H21F4NO5. The minimum atomic E-state index is -4.82. The number of hydrogen-bond acceptors (Lipinski definition) is 4. The van der Waals surface area contributed by atoms with Gasteiger partial charge in [0.25, 0.3) is 5.91 Å². The van der Waals surface area contributed by atoms with Gasteiger partial charge in [0.05, 0.1) is 5.56 Å². The molecular weight excluding hydrogens is 470 g/mol. The fourth-order valence-electron chi connectivity index (χ4n) is 3.78. The molecule has 0 bridgehead atoms. The van der Waals surface area contributed by atoms with E-state index in [1.807, 2.05) is 0 Å². The molecule has 0 aromatic heterocycles. The molecule has 6 nitrogen and oxygen atoms in total. The van der Waals surface area contributed by atoms with Gasteiger partial charge >= 0.3 is 12.3 Å². The van der Waals surface area contributed by atoms with Crippen molar-refractivity contribution in [3.05, 3.63) is 71.5 Å². The van der Waals surface area contributed by atoms with Gasteiger partial charge in [0.1, 0.15) is 30.0 Å². The molecule has 3 aromatic rings. The van der Waals surface area contributed by atoms with Crippen molar-refractivity contribution in [2.24, 2.45) is 5.41 Å². The third-order valence-electron chi connectivity index (χ3n) is 5.98. The summed E-state index contributed by atoms with van der Waals surface area (Å²) in [5, 5.41) is 13.0. The average Bonchev–Trinajstić information content (AvgIpc) is 3.53. The second-order valence-corrected chi connectivity index (χ2v) is 8.69. The topological polar surface area (TPSA) is 84.9 Å². The lowest BCUT2D eigenvalue weighted by molar-refractivity contribution is -0.274. The first-order chi connectivity index (χ1) is 16.4. The average molecular weight is 491 g/mol. The summed E-state index contributed by atoms with van der Waals surface area (Å²) in [6.45, 7) is 1.65. The second kappa shape index (κ2) is 9.09. The van der Waals surface area contributed by atoms with E-state index in [-0.39, 0.29) is 17.9 Å². The zero-order valence-corrected chi connectivity index (χ0v) is 18.5. The molecule has 35 heavy (non-hydrogen) atoms. The van der Waals surface area contributed by atoms with Gasteiger partial charge in [0.2, 0.25) is 0 Å². The monoisotopic (exact) mass is 491 g/mol. The Morgan fingerprint density at radius 3 is 2.37 bits per heavy atom. The van der Waals surface area contributed by atoms with E-state index < -0.39 is 41.3 Å². The number of carbonyl (C=O) groups excluding carboxylic acids is 1. The number of benzene rings is 3. The number of aliphatic carboxylic acids is 1. The van der Waals surface area contributed by atoms with Gasteiger partial charge in [-0.25, -0.2) is 9.18 Å². The number of nitrogens with one attached hydrogen (secondary N) is 1. The molecule has 0 radical (unpaired) electrons. The van der Waals surface area contributed by atoms with Crippen LogP contribution < -0.4 is 14.8 Å². The van der Waals surface area contributed by atoms with Crippen molar-refractivity contribution in [1.82, 2.24) is 5.32 Å². The highest BCUT2D eigenvalue weighted by atomic mass is 19.4. The minimum Gasteiger partial charge on any atom is -0.487 e. The van der Waals surface area contributed by atoms with Crippen LogP contribution in [0.15, 0.2) is 54.6 Å². The maximum Gasteiger partial charge on any atom is 0.573 e. The predicted molar refractivity (Wildman–Crippen MR) is 118 cm³/mol. The van der Waals surface area contributed by atoms with Gasteiger partial charge in [0, 0.05) is 5.39 Å². The van der Waals surface area contributed by atoms with Crippen molar-refractivity contribution in [3.63, 3.8) is 0 Å². The van der Waals surface area contributed by atoms with E-state index in [0.717, 1.165) is 12.1 Å². The number of halogens is 4. The number of carbonyl (C=O) groups is 2. The molecule has 4 rings (SSSR count). The van der Waals surface area contributed by atoms with Gasteiger partial charge in [-0.15, -0.1) is 13.2 Å². The Kier molecular flexibility index (Phi) is 6.31. The van der Waals surface area contributed by atoms with Crippen molar-refractivity contribution in [2.75, 3.05) is 0 Å². The van der Waals surface area contributed by atoms with Gasteiger partial charge in [-0.1, -0.05) is 25.1 Å². The Bertz CT molecular complexity index is 1270. The smallest absolute Gasteiger partial charge is 0.487 e. The van der Waals surface area contributed by atoms with Crippen molar-refractivity contribution in [2.45, 2.75) is 38.8 Å². The maximum absolute atomic E-state index is 13.8. The van der Waals surface area contributed by atoms with Gasteiger partial charge in [0.15, 0.2) is 0 Å². The number of carboxylic acid groups (broad SMARTS) is 1. The summed E-state index contributed by atoms with van der Waals surface area (Å²) in [6, 6.07) is 10.8. The van der Waals surface area contributed by atoms with E-state index in [1.165, 1.54) is 42.5 Å². The summed E-state index contributed by atoms with van der Waals surface area (Å²) >= 11 is 0. The van der Waals surface area contributed by atoms with Gasteiger partial charge < -0.3 is 19.9 Å². The third kappa shape index (κ3) is 5.64. The summed E-state index contributed by atoms with van der Waals surface area (Å²) in [6.07, 6.45) is -3.48. The van der Waals surface area contributed by atoms with Crippen molar-refractivity contribution in [1.29, 1.82) is 0 Å². The summed E-state index contributed by atoms with van der Waals surface area (Å²) in [4.78, 5) is 24.8. The normalized spacial score (nSPS) is 15.3. The molecule has 1 aliphatic rings. The molecule has 1 unspecified atom stereocenters. The van der Waals surface area contributed by atoms with E-state index in [0.29, 0.717) is 29.2 Å². The van der Waals surface area contributed by atoms with Crippen LogP contribution in [0.4, 0.5) is 17.6 Å². The lowest BCUT2D eigenvalue weighted by Gasteiger charge is -2.22. The molecule has 0 aliphatic heterocycles. The van der Waals surface area contributed by atoms with Crippen LogP contribution in [0, 0.1) is 11.2 Å². The lowest BCUT2D eigenvalue weighted by Crippen LogP contribution is -2.46. The van der Waals surface area contributed by atoms with Crippen LogP contribution in [0.25, 0.3) is 10.8 Å². The van der Waals surface area contributed by atoms with Gasteiger partial charge in [-0.05, 0) is 65.6 Å². The van der Waals surface area contributed by atoms with Crippen molar-refractivity contribution < 1.29 is 41.7 Å². The van der Waals surface area contributed by atoms with Crippen molar-refractivity contribution >= 4 is 22.6 Å². The Hall–Kier alpha value is -3.82. The molecule has 10 heteroatoms. The first kappa shape index (κ1) is 24.3. The Labute approximate surface area is 197 Å². The lowest BCUT2D eigenvalue weighted by atomic mass is 9.98. The highest BCUT2D eigenvalue weighted by Crippen LogP contribution is 2.48. The van der Waals surface area contributed by atoms with Crippen molar-refractivity contribution in [3.8, 4) is 11.5 Å². The zero-order valence-electron chi connectivity index (χ0n) is 18.5. The van der Waals surface area contributed by atoms with Crippen LogP contribution in [0.1, 0.15) is 35.7 Å². The molecule has 0 spiro atoms. The van der Waals surface area contributed by atoms with Crippen LogP contribution in [-0.4, -0.2) is 29.4 Å². The number of rotatable bonds is 8. The first-order valence-corrected chi connectivity index (χ1v) is 10.7. The molecule has 3 aromatic carbocycles. The Morgan fingerprint density at radius 2 is 1.77 bits per heavy atom. The molecule has 1 atom stereocenters. The molecule has 1 saturated carbocycles. The standard InChI is InChI=1S/C25H21F4NO5/c1-24(10-11-24)21(23(32)33)30-22(31)19-8-4-15-12-16(26)5-9-18(15)20(19)34-13-14-2-6-17(7-3-14)35-25(27,28)29/h2-9,12,21H,10-11,13H2,1H3,(H,30,31)(H,32,33). The summed E-state index contributed by atoms with van der Waals surface area (Å²) in [7, 11) is 0. The van der Waals surface area contributed by atoms with E-state index >= 15 is 0 Å². The molecule has 0 saturated heterocycles. The summed E-state index contributed by atoms with van der Waals surface area (Å²) in [5.41, 5.74) is -0.00143. The highest BCUT2D eigenvalue weighted by molar-refractivity contribution is 6.05. The molecule has 184 valence electrons. The number of hydrogen-bond donors (Lipinski definition) is 2. The molecule has 2 N–H and O–H groups in total. The van der Waals surface area contributed by atoms with Gasteiger partial charge in [-0.2, -0.15) is 0 Å². The van der Waals surface area contributed by atoms with Crippen LogP contribution in [0.2, 0.25) is 0 Å². The van der Waals surface area contributed by atoms with E-state index in [2.05, 4.69) is 10.1 Å². The fraction of sp³-hybridized carbons (Fsp3) is 0.280. The molecule has 0 heterocycles. The highest BCUT2D eigenvalue weighted by Gasteiger charge is 2.49. The summed E-state index contributed by atoms with van der Waals surface area (Å²) < 4.78 is 60.6. The zero-order chi connectivity index (χ0) is 25.4. The molecule has 1 amide bonds. The minimum absolute atomic E-state index is 0.0524. The molecule has 1 fully saturated rings. The fourth-order valence-corrected chi connectivity index (χ4v) is 3.78. The number of fused-ring (bicyclic) bond motifs is 1. The quantitative estimate of drug-likeness (QED) is 0.410. The number of ether oxygens (including phenoxy) is 2. The number of carboxylic acids is 1. The first-order valence-electron chi connectivity index (χ1n) is 10.7. The van der Waals surface area contributed by atoms with E-state index in [1.54, 1.807) is 6.92 Å². The van der Waals surface area contributed by atoms with E-state index in [9.17, 15) is 32.3 Å². The third-order valence-corrected chi connectivity index (χ3v) is 5.98. The predicted octanol–water partition coefficient (Wildman–Crippen LogP) is 5.44. The van der Waals surface area contributed by atoms with Crippen LogP contribution in [-0.2, 0) is 11.4 Å².